The van der Waals surface area contributed by atoms with E-state index in [1.54, 1.807) is 6.20 Å². The molecule has 4 aromatic carbocycles. The van der Waals surface area contributed by atoms with E-state index < -0.39 is 7.29 Å². The fraction of sp³-hybridized carbons (Fsp3) is 0. The van der Waals surface area contributed by atoms with E-state index in [0.717, 1.165) is 55.1 Å². The lowest BCUT2D eigenvalue weighted by Gasteiger charge is -2.43. The molecule has 1 unspecified atom stereocenters. The average molecular weight is 416 g/mol. The number of anilines is 2. The van der Waals surface area contributed by atoms with E-state index in [1.165, 1.54) is 0 Å². The normalized spacial score (nSPS) is 17.9. The molecule has 1 atom stereocenters. The first kappa shape index (κ1) is 17.0. The highest BCUT2D eigenvalue weighted by molar-refractivity contribution is 7.81. The zero-order valence-corrected chi connectivity index (χ0v) is 17.5. The molecule has 4 heteroatoms. The number of benzene rings is 4. The summed E-state index contributed by atoms with van der Waals surface area (Å²) in [5, 5.41) is 4.01. The molecule has 0 bridgehead atoms. The van der Waals surface area contributed by atoms with Crippen LogP contribution in [0.5, 0.6) is 0 Å². The highest BCUT2D eigenvalue weighted by atomic mass is 31.2. The van der Waals surface area contributed by atoms with Crippen molar-refractivity contribution in [3.63, 3.8) is 0 Å². The Kier molecular flexibility index (Phi) is 3.26. The Balaban J connectivity index is 1.70. The monoisotopic (exact) mass is 416 g/mol. The molecular formula is C27H17N2OP. The molecule has 0 saturated carbocycles. The fourth-order valence-corrected chi connectivity index (χ4v) is 8.30. The molecule has 2 aliphatic heterocycles. The lowest BCUT2D eigenvalue weighted by atomic mass is 9.98. The molecule has 0 aliphatic carbocycles. The van der Waals surface area contributed by atoms with Crippen LogP contribution in [0.4, 0.5) is 11.5 Å². The van der Waals surface area contributed by atoms with Gasteiger partial charge in [-0.1, -0.05) is 60.7 Å². The molecule has 31 heavy (non-hydrogen) atoms. The summed E-state index contributed by atoms with van der Waals surface area (Å²) in [7, 11) is -3.20. The number of hydrogen-bond donors (Lipinski definition) is 0. The van der Waals surface area contributed by atoms with Crippen molar-refractivity contribution in [1.82, 2.24) is 4.98 Å². The molecule has 146 valence electrons. The van der Waals surface area contributed by atoms with Gasteiger partial charge >= 0.3 is 0 Å². The molecule has 0 saturated heterocycles. The largest absolute Gasteiger partial charge is 0.289 e. The van der Waals surface area contributed by atoms with Gasteiger partial charge in [0.2, 0.25) is 7.29 Å². The Hall–Kier alpha value is -3.68. The minimum atomic E-state index is -3.20. The molecule has 0 spiro atoms. The minimum Gasteiger partial charge on any atom is -0.289 e. The second kappa shape index (κ2) is 5.94. The smallest absolute Gasteiger partial charge is 0.236 e. The van der Waals surface area contributed by atoms with Crippen molar-refractivity contribution in [2.24, 2.45) is 0 Å². The number of fused-ring (bicyclic) bond motifs is 12. The van der Waals surface area contributed by atoms with E-state index in [2.05, 4.69) is 48.5 Å². The van der Waals surface area contributed by atoms with Gasteiger partial charge in [0.15, 0.2) is 0 Å². The van der Waals surface area contributed by atoms with Gasteiger partial charge in [0.25, 0.3) is 0 Å². The maximum Gasteiger partial charge on any atom is 0.236 e. The summed E-state index contributed by atoms with van der Waals surface area (Å²) in [6, 6.07) is 32.9. The molecule has 2 aliphatic rings. The fourth-order valence-electron chi connectivity index (χ4n) is 5.07. The Bertz CT molecular complexity index is 1590. The van der Waals surface area contributed by atoms with Gasteiger partial charge in [-0.2, -0.15) is 0 Å². The van der Waals surface area contributed by atoms with E-state index in [4.69, 9.17) is 4.98 Å². The summed E-state index contributed by atoms with van der Waals surface area (Å²) in [6.07, 6.45) is 1.79. The Morgan fingerprint density at radius 3 is 2.16 bits per heavy atom. The third-order valence-electron chi connectivity index (χ3n) is 6.40. The third-order valence-corrected chi connectivity index (χ3v) is 9.44. The predicted octanol–water partition coefficient (Wildman–Crippen LogP) is 6.26. The summed E-state index contributed by atoms with van der Waals surface area (Å²) in [5.74, 6) is 0.760. The number of nitrogens with zero attached hydrogens (tertiary/aromatic N) is 2. The van der Waals surface area contributed by atoms with E-state index in [1.807, 2.05) is 53.2 Å². The zero-order chi connectivity index (χ0) is 20.6. The van der Waals surface area contributed by atoms with Gasteiger partial charge < -0.3 is 0 Å². The van der Waals surface area contributed by atoms with Crippen molar-refractivity contribution in [2.75, 3.05) is 4.67 Å². The molecule has 1 aromatic heterocycles. The number of hydrogen-bond acceptors (Lipinski definition) is 2. The summed E-state index contributed by atoms with van der Waals surface area (Å²) < 4.78 is 17.3. The average Bonchev–Trinajstić information content (AvgIpc) is 2.83. The van der Waals surface area contributed by atoms with Crippen molar-refractivity contribution in [3.05, 3.63) is 103 Å². The minimum absolute atomic E-state index is 0.760. The Morgan fingerprint density at radius 1 is 0.613 bits per heavy atom. The molecule has 0 fully saturated rings. The molecule has 0 radical (unpaired) electrons. The third kappa shape index (κ3) is 2.09. The van der Waals surface area contributed by atoms with E-state index in [9.17, 15) is 0 Å². The Morgan fingerprint density at radius 2 is 1.29 bits per heavy atom. The van der Waals surface area contributed by atoms with Crippen LogP contribution in [0.15, 0.2) is 103 Å². The van der Waals surface area contributed by atoms with E-state index in [0.29, 0.717) is 0 Å². The molecule has 3 nitrogen and oxygen atoms in total. The van der Waals surface area contributed by atoms with Crippen LogP contribution in [0, 0.1) is 0 Å². The number of para-hydroxylation sites is 1. The molecule has 0 N–H and O–H groups in total. The highest BCUT2D eigenvalue weighted by Gasteiger charge is 2.48. The van der Waals surface area contributed by atoms with Gasteiger partial charge in [-0.15, -0.1) is 0 Å². The second-order valence-corrected chi connectivity index (χ2v) is 10.5. The first-order valence-electron chi connectivity index (χ1n) is 10.4. The molecular weight excluding hydrogens is 399 g/mol. The van der Waals surface area contributed by atoms with E-state index in [-0.39, 0.29) is 0 Å². The van der Waals surface area contributed by atoms with Gasteiger partial charge in [-0.25, -0.2) is 4.98 Å². The lowest BCUT2D eigenvalue weighted by Crippen LogP contribution is -2.37. The van der Waals surface area contributed by atoms with Crippen LogP contribution in [-0.2, 0) is 4.57 Å². The van der Waals surface area contributed by atoms with Crippen molar-refractivity contribution in [3.8, 4) is 22.3 Å². The first-order chi connectivity index (χ1) is 15.3. The quantitative estimate of drug-likeness (QED) is 0.279. The summed E-state index contributed by atoms with van der Waals surface area (Å²) in [4.78, 5) is 4.74. The molecule has 7 rings (SSSR count). The maximum absolute atomic E-state index is 15.3. The number of pyridine rings is 1. The zero-order valence-electron chi connectivity index (χ0n) is 16.6. The number of rotatable bonds is 0. The maximum atomic E-state index is 15.3. The molecule has 3 heterocycles. The van der Waals surface area contributed by atoms with Gasteiger partial charge in [-0.3, -0.25) is 9.24 Å². The highest BCUT2D eigenvalue weighted by Crippen LogP contribution is 2.65. The van der Waals surface area contributed by atoms with Crippen molar-refractivity contribution in [2.45, 2.75) is 0 Å². The van der Waals surface area contributed by atoms with Crippen LogP contribution in [0.1, 0.15) is 0 Å². The summed E-state index contributed by atoms with van der Waals surface area (Å²) in [5.41, 5.74) is 5.10. The molecule has 5 aromatic rings. The van der Waals surface area contributed by atoms with Crippen molar-refractivity contribution < 1.29 is 4.57 Å². The van der Waals surface area contributed by atoms with Crippen LogP contribution < -0.4 is 15.3 Å². The van der Waals surface area contributed by atoms with Crippen LogP contribution in [0.25, 0.3) is 33.0 Å². The SMILES string of the molecule is O=P12c3cc4ccccc4cc3-c3ccccc3N1c1ncccc1-c1ccccc12. The lowest BCUT2D eigenvalue weighted by molar-refractivity contribution is 0.586. The topological polar surface area (TPSA) is 33.2 Å². The van der Waals surface area contributed by atoms with Gasteiger partial charge in [-0.05, 0) is 58.3 Å². The van der Waals surface area contributed by atoms with Crippen LogP contribution in [0.2, 0.25) is 0 Å². The summed E-state index contributed by atoms with van der Waals surface area (Å²) >= 11 is 0. The molecule has 0 amide bonds. The van der Waals surface area contributed by atoms with Gasteiger partial charge in [0, 0.05) is 27.9 Å². The van der Waals surface area contributed by atoms with Crippen LogP contribution in [0.3, 0.4) is 0 Å². The first-order valence-corrected chi connectivity index (χ1v) is 12.0. The van der Waals surface area contributed by atoms with Crippen molar-refractivity contribution >= 4 is 40.2 Å². The standard InChI is InChI=1S/C27H17N2OP/c30-31-25-14-6-4-11-21(25)22-12-7-15-28-27(22)29(31)24-13-5-3-10-20(24)23-16-18-8-1-2-9-19(18)17-26(23)31/h1-17H. The van der Waals surface area contributed by atoms with Gasteiger partial charge in [0.1, 0.15) is 5.82 Å². The van der Waals surface area contributed by atoms with Crippen molar-refractivity contribution in [1.29, 1.82) is 0 Å². The second-order valence-electron chi connectivity index (χ2n) is 8.01. The van der Waals surface area contributed by atoms with Crippen LogP contribution >= 0.6 is 7.29 Å². The van der Waals surface area contributed by atoms with Crippen LogP contribution in [-0.4, -0.2) is 4.98 Å². The Labute approximate surface area is 180 Å². The summed E-state index contributed by atoms with van der Waals surface area (Å²) in [6.45, 7) is 0. The van der Waals surface area contributed by atoms with Gasteiger partial charge in [0.05, 0.1) is 5.69 Å². The number of aromatic nitrogens is 1. The predicted molar refractivity (Wildman–Crippen MR) is 128 cm³/mol. The van der Waals surface area contributed by atoms with E-state index >= 15 is 4.57 Å².